The third kappa shape index (κ3) is 3.23. The third-order valence-electron chi connectivity index (χ3n) is 4.83. The Morgan fingerprint density at radius 2 is 1.83 bits per heavy atom. The molecule has 0 atom stereocenters. The molecule has 0 unspecified atom stereocenters. The summed E-state index contributed by atoms with van der Waals surface area (Å²) in [5, 5.41) is 5.41. The molecule has 5 nitrogen and oxygen atoms in total. The van der Waals surface area contributed by atoms with Gasteiger partial charge in [0.15, 0.2) is 0 Å². The fourth-order valence-electron chi connectivity index (χ4n) is 3.36. The van der Waals surface area contributed by atoms with E-state index >= 15 is 0 Å². The molecule has 2 aromatic rings. The van der Waals surface area contributed by atoms with E-state index in [1.807, 2.05) is 12.1 Å². The molecule has 0 spiro atoms. The minimum absolute atomic E-state index is 0.170. The van der Waals surface area contributed by atoms with Gasteiger partial charge in [0.25, 0.3) is 11.5 Å². The summed E-state index contributed by atoms with van der Waals surface area (Å²) in [5.74, 6) is 0.280. The average molecular weight is 313 g/mol. The lowest BCUT2D eigenvalue weighted by Crippen LogP contribution is -2.20. The van der Waals surface area contributed by atoms with Gasteiger partial charge in [-0.05, 0) is 43.4 Å². The first-order valence-corrected chi connectivity index (χ1v) is 8.23. The van der Waals surface area contributed by atoms with Crippen molar-refractivity contribution in [3.05, 3.63) is 51.4 Å². The van der Waals surface area contributed by atoms with Crippen LogP contribution in [0.1, 0.15) is 59.6 Å². The van der Waals surface area contributed by atoms with Gasteiger partial charge in [0.05, 0.1) is 0 Å². The van der Waals surface area contributed by atoms with Gasteiger partial charge in [0.2, 0.25) is 0 Å². The summed E-state index contributed by atoms with van der Waals surface area (Å²) in [6.07, 6.45) is 6.46. The fraction of sp³-hybridized carbons (Fsp3) is 0.444. The summed E-state index contributed by atoms with van der Waals surface area (Å²) >= 11 is 0. The molecule has 122 valence electrons. The molecule has 1 amide bonds. The molecule has 1 aromatic heterocycles. The number of rotatable bonds is 3. The van der Waals surface area contributed by atoms with Gasteiger partial charge in [-0.2, -0.15) is 0 Å². The van der Waals surface area contributed by atoms with E-state index in [1.54, 1.807) is 18.7 Å². The van der Waals surface area contributed by atoms with Crippen molar-refractivity contribution in [1.29, 1.82) is 0 Å². The van der Waals surface area contributed by atoms with Crippen molar-refractivity contribution < 1.29 is 4.79 Å². The van der Waals surface area contributed by atoms with Crippen LogP contribution in [0, 0.1) is 6.92 Å². The van der Waals surface area contributed by atoms with Gasteiger partial charge < -0.3 is 5.32 Å². The number of hydrogen-bond acceptors (Lipinski definition) is 2. The number of aryl methyl sites for hydroxylation is 1. The number of carbonyl (C=O) groups is 1. The highest BCUT2D eigenvalue weighted by molar-refractivity contribution is 6.04. The molecule has 0 aliphatic heterocycles. The Labute approximate surface area is 135 Å². The Morgan fingerprint density at radius 1 is 1.17 bits per heavy atom. The maximum atomic E-state index is 12.3. The number of amides is 1. The highest BCUT2D eigenvalue weighted by Gasteiger charge is 2.18. The van der Waals surface area contributed by atoms with Crippen LogP contribution in [-0.4, -0.2) is 15.7 Å². The molecular formula is C18H23N3O2. The van der Waals surface area contributed by atoms with Crippen LogP contribution < -0.4 is 10.9 Å². The van der Waals surface area contributed by atoms with Crippen LogP contribution in [0.2, 0.25) is 0 Å². The van der Waals surface area contributed by atoms with Gasteiger partial charge in [-0.3, -0.25) is 19.4 Å². The molecule has 0 bridgehead atoms. The first-order chi connectivity index (χ1) is 11.1. The normalized spacial score (nSPS) is 15.6. The van der Waals surface area contributed by atoms with Crippen LogP contribution in [0.15, 0.2) is 29.1 Å². The monoisotopic (exact) mass is 313 g/mol. The van der Waals surface area contributed by atoms with Crippen molar-refractivity contribution in [1.82, 2.24) is 9.78 Å². The van der Waals surface area contributed by atoms with Crippen molar-refractivity contribution in [2.24, 2.45) is 7.05 Å². The lowest BCUT2D eigenvalue weighted by Gasteiger charge is -2.22. The molecule has 5 heteroatoms. The largest absolute Gasteiger partial charge is 0.322 e. The van der Waals surface area contributed by atoms with Crippen molar-refractivity contribution in [3.8, 4) is 0 Å². The molecule has 0 radical (unpaired) electrons. The summed E-state index contributed by atoms with van der Waals surface area (Å²) in [6, 6.07) is 8.03. The van der Waals surface area contributed by atoms with Crippen molar-refractivity contribution in [3.63, 3.8) is 0 Å². The molecule has 1 aliphatic carbocycles. The van der Waals surface area contributed by atoms with Crippen LogP contribution >= 0.6 is 0 Å². The number of benzene rings is 1. The molecule has 2 N–H and O–H groups in total. The van der Waals surface area contributed by atoms with E-state index in [1.165, 1.54) is 37.7 Å². The number of H-pyrrole nitrogens is 1. The molecule has 1 aromatic carbocycles. The molecular weight excluding hydrogens is 290 g/mol. The van der Waals surface area contributed by atoms with E-state index < -0.39 is 0 Å². The quantitative estimate of drug-likeness (QED) is 0.913. The Morgan fingerprint density at radius 3 is 2.39 bits per heavy atom. The predicted octanol–water partition coefficient (Wildman–Crippen LogP) is 3.32. The van der Waals surface area contributed by atoms with Crippen molar-refractivity contribution in [2.45, 2.75) is 44.9 Å². The van der Waals surface area contributed by atoms with E-state index in [2.05, 4.69) is 22.5 Å². The standard InChI is InChI=1S/C18H23N3O2/c1-12-16(18(23)20-21(12)2)17(22)19-15-10-8-14(9-11-15)13-6-4-3-5-7-13/h8-11,13H,3-7H2,1-2H3,(H,19,22)(H,20,23). The Kier molecular flexibility index (Phi) is 4.37. The molecule has 1 aliphatic rings. The zero-order chi connectivity index (χ0) is 16.4. The van der Waals surface area contributed by atoms with Crippen molar-refractivity contribution >= 4 is 11.6 Å². The van der Waals surface area contributed by atoms with Crippen LogP contribution in [0.5, 0.6) is 0 Å². The van der Waals surface area contributed by atoms with E-state index in [9.17, 15) is 9.59 Å². The van der Waals surface area contributed by atoms with E-state index in [4.69, 9.17) is 0 Å². The van der Waals surface area contributed by atoms with Gasteiger partial charge in [-0.15, -0.1) is 0 Å². The van der Waals surface area contributed by atoms with Crippen molar-refractivity contribution in [2.75, 3.05) is 5.32 Å². The SMILES string of the molecule is Cc1c(C(=O)Nc2ccc(C3CCCCC3)cc2)c(=O)[nH]n1C. The first kappa shape index (κ1) is 15.6. The Balaban J connectivity index is 1.73. The van der Waals surface area contributed by atoms with Gasteiger partial charge in [0, 0.05) is 18.4 Å². The molecule has 0 saturated heterocycles. The molecule has 23 heavy (non-hydrogen) atoms. The molecule has 1 saturated carbocycles. The summed E-state index contributed by atoms with van der Waals surface area (Å²) in [5.41, 5.74) is 2.50. The zero-order valence-electron chi connectivity index (χ0n) is 13.7. The maximum Gasteiger partial charge on any atom is 0.277 e. The van der Waals surface area contributed by atoms with E-state index in [-0.39, 0.29) is 17.0 Å². The summed E-state index contributed by atoms with van der Waals surface area (Å²) in [4.78, 5) is 24.1. The van der Waals surface area contributed by atoms with Gasteiger partial charge in [0.1, 0.15) is 5.56 Å². The number of hydrogen-bond donors (Lipinski definition) is 2. The Bertz CT molecular complexity index is 750. The number of nitrogens with one attached hydrogen (secondary N) is 2. The minimum atomic E-state index is -0.366. The second-order valence-corrected chi connectivity index (χ2v) is 6.37. The lowest BCUT2D eigenvalue weighted by atomic mass is 9.84. The van der Waals surface area contributed by atoms with E-state index in [0.29, 0.717) is 11.6 Å². The molecule has 3 rings (SSSR count). The van der Waals surface area contributed by atoms with E-state index in [0.717, 1.165) is 5.69 Å². The summed E-state index contributed by atoms with van der Waals surface area (Å²) < 4.78 is 1.56. The zero-order valence-corrected chi connectivity index (χ0v) is 13.7. The number of anilines is 1. The number of nitrogens with zero attached hydrogens (tertiary/aromatic N) is 1. The highest BCUT2D eigenvalue weighted by Crippen LogP contribution is 2.32. The number of carbonyl (C=O) groups excluding carboxylic acids is 1. The molecule has 1 fully saturated rings. The average Bonchev–Trinajstić information content (AvgIpc) is 2.81. The van der Waals surface area contributed by atoms with Crippen LogP contribution in [-0.2, 0) is 7.05 Å². The number of aromatic nitrogens is 2. The van der Waals surface area contributed by atoms with Crippen LogP contribution in [0.25, 0.3) is 0 Å². The summed E-state index contributed by atoms with van der Waals surface area (Å²) in [6.45, 7) is 1.75. The van der Waals surface area contributed by atoms with Gasteiger partial charge in [-0.25, -0.2) is 0 Å². The minimum Gasteiger partial charge on any atom is -0.322 e. The highest BCUT2D eigenvalue weighted by atomic mass is 16.2. The molecule has 1 heterocycles. The van der Waals surface area contributed by atoms with Gasteiger partial charge in [-0.1, -0.05) is 31.4 Å². The van der Waals surface area contributed by atoms with Crippen LogP contribution in [0.4, 0.5) is 5.69 Å². The summed E-state index contributed by atoms with van der Waals surface area (Å²) in [7, 11) is 1.71. The second-order valence-electron chi connectivity index (χ2n) is 6.37. The third-order valence-corrected chi connectivity index (χ3v) is 4.83. The lowest BCUT2D eigenvalue weighted by molar-refractivity contribution is 0.102. The predicted molar refractivity (Wildman–Crippen MR) is 91.0 cm³/mol. The van der Waals surface area contributed by atoms with Crippen LogP contribution in [0.3, 0.4) is 0 Å². The Hall–Kier alpha value is -2.30. The smallest absolute Gasteiger partial charge is 0.277 e. The first-order valence-electron chi connectivity index (χ1n) is 8.23. The topological polar surface area (TPSA) is 66.9 Å². The maximum absolute atomic E-state index is 12.3. The van der Waals surface area contributed by atoms with Gasteiger partial charge >= 0.3 is 0 Å². The second kappa shape index (κ2) is 6.44. The number of aromatic amines is 1. The fourth-order valence-corrected chi connectivity index (χ4v) is 3.36.